The van der Waals surface area contributed by atoms with E-state index in [1.807, 2.05) is 19.4 Å². The molecule has 0 bridgehead atoms. The molecular formula is C15H17F2N3. The second kappa shape index (κ2) is 5.32. The van der Waals surface area contributed by atoms with Crippen LogP contribution in [0.2, 0.25) is 0 Å². The number of aryl methyl sites for hydroxylation is 1. The molecule has 0 spiro atoms. The number of hydrogen-bond acceptors (Lipinski definition) is 2. The molecule has 1 aromatic heterocycles. The van der Waals surface area contributed by atoms with Crippen LogP contribution < -0.4 is 0 Å². The van der Waals surface area contributed by atoms with Crippen molar-refractivity contribution in [3.05, 3.63) is 53.4 Å². The lowest BCUT2D eigenvalue weighted by Crippen LogP contribution is -2.23. The van der Waals surface area contributed by atoms with E-state index in [4.69, 9.17) is 0 Å². The van der Waals surface area contributed by atoms with E-state index in [0.717, 1.165) is 31.0 Å². The Morgan fingerprint density at radius 2 is 2.20 bits per heavy atom. The van der Waals surface area contributed by atoms with Crippen molar-refractivity contribution in [3.8, 4) is 0 Å². The fraction of sp³-hybridized carbons (Fsp3) is 0.400. The predicted molar refractivity (Wildman–Crippen MR) is 72.0 cm³/mol. The highest BCUT2D eigenvalue weighted by Crippen LogP contribution is 2.33. The Hall–Kier alpha value is -1.75. The van der Waals surface area contributed by atoms with Gasteiger partial charge in [0.1, 0.15) is 0 Å². The lowest BCUT2D eigenvalue weighted by atomic mass is 10.1. The van der Waals surface area contributed by atoms with Crippen molar-refractivity contribution in [2.75, 3.05) is 6.54 Å². The van der Waals surface area contributed by atoms with Gasteiger partial charge in [0.2, 0.25) is 0 Å². The summed E-state index contributed by atoms with van der Waals surface area (Å²) in [6, 6.07) is 4.60. The maximum Gasteiger partial charge on any atom is 0.163 e. The third kappa shape index (κ3) is 2.45. The Kier molecular flexibility index (Phi) is 3.53. The Labute approximate surface area is 116 Å². The minimum atomic E-state index is -0.778. The molecular weight excluding hydrogens is 260 g/mol. The third-order valence-electron chi connectivity index (χ3n) is 3.88. The highest BCUT2D eigenvalue weighted by atomic mass is 19.2. The van der Waals surface area contributed by atoms with E-state index in [1.165, 1.54) is 0 Å². The van der Waals surface area contributed by atoms with Crippen LogP contribution in [0.15, 0.2) is 30.6 Å². The number of likely N-dealkylation sites (tertiary alicyclic amines) is 1. The first-order valence-corrected chi connectivity index (χ1v) is 6.80. The van der Waals surface area contributed by atoms with Gasteiger partial charge in [0.05, 0.1) is 6.20 Å². The van der Waals surface area contributed by atoms with Gasteiger partial charge in [-0.15, -0.1) is 0 Å². The molecule has 20 heavy (non-hydrogen) atoms. The molecule has 0 saturated carbocycles. The summed E-state index contributed by atoms with van der Waals surface area (Å²) in [5, 5.41) is 4.19. The molecule has 0 unspecified atom stereocenters. The van der Waals surface area contributed by atoms with Crippen LogP contribution in [0.3, 0.4) is 0 Å². The molecule has 5 heteroatoms. The van der Waals surface area contributed by atoms with Crippen LogP contribution in [-0.2, 0) is 13.6 Å². The minimum absolute atomic E-state index is 0.242. The molecule has 2 heterocycles. The number of rotatable bonds is 3. The van der Waals surface area contributed by atoms with E-state index in [9.17, 15) is 8.78 Å². The highest BCUT2D eigenvalue weighted by Gasteiger charge is 2.27. The second-order valence-corrected chi connectivity index (χ2v) is 5.29. The summed E-state index contributed by atoms with van der Waals surface area (Å²) in [6.07, 6.45) is 5.94. The van der Waals surface area contributed by atoms with E-state index < -0.39 is 11.6 Å². The van der Waals surface area contributed by atoms with E-state index in [1.54, 1.807) is 16.8 Å². The maximum atomic E-state index is 13.8. The van der Waals surface area contributed by atoms with E-state index >= 15 is 0 Å². The van der Waals surface area contributed by atoms with Gasteiger partial charge in [0.15, 0.2) is 11.6 Å². The quantitative estimate of drug-likeness (QED) is 0.860. The normalized spacial score (nSPS) is 19.6. The smallest absolute Gasteiger partial charge is 0.163 e. The SMILES string of the molecule is Cn1cc([C@H]2CCCN2Cc2cccc(F)c2F)cn1. The van der Waals surface area contributed by atoms with Gasteiger partial charge in [0.25, 0.3) is 0 Å². The molecule has 3 nitrogen and oxygen atoms in total. The zero-order valence-corrected chi connectivity index (χ0v) is 11.4. The molecule has 2 aromatic rings. The molecule has 106 valence electrons. The molecule has 1 aliphatic heterocycles. The summed E-state index contributed by atoms with van der Waals surface area (Å²) in [7, 11) is 1.88. The van der Waals surface area contributed by atoms with Crippen molar-refractivity contribution in [1.82, 2.24) is 14.7 Å². The average molecular weight is 277 g/mol. The molecule has 1 fully saturated rings. The topological polar surface area (TPSA) is 21.1 Å². The number of nitrogens with zero attached hydrogens (tertiary/aromatic N) is 3. The zero-order valence-electron chi connectivity index (χ0n) is 11.4. The first-order valence-electron chi connectivity index (χ1n) is 6.80. The van der Waals surface area contributed by atoms with Crippen LogP contribution in [0.5, 0.6) is 0 Å². The van der Waals surface area contributed by atoms with Crippen molar-refractivity contribution in [3.63, 3.8) is 0 Å². The molecule has 1 aromatic carbocycles. The summed E-state index contributed by atoms with van der Waals surface area (Å²) in [4.78, 5) is 2.19. The van der Waals surface area contributed by atoms with Crippen LogP contribution >= 0.6 is 0 Å². The summed E-state index contributed by atoms with van der Waals surface area (Å²) >= 11 is 0. The summed E-state index contributed by atoms with van der Waals surface area (Å²) < 4.78 is 28.8. The fourth-order valence-corrected chi connectivity index (χ4v) is 2.89. The number of halogens is 2. The van der Waals surface area contributed by atoms with Gasteiger partial charge in [-0.2, -0.15) is 5.10 Å². The van der Waals surface area contributed by atoms with Gasteiger partial charge in [0, 0.05) is 37.0 Å². The van der Waals surface area contributed by atoms with Crippen molar-refractivity contribution in [2.24, 2.45) is 7.05 Å². The first kappa shape index (κ1) is 13.2. The van der Waals surface area contributed by atoms with Gasteiger partial charge in [-0.3, -0.25) is 9.58 Å². The fourth-order valence-electron chi connectivity index (χ4n) is 2.89. The molecule has 0 radical (unpaired) electrons. The monoisotopic (exact) mass is 277 g/mol. The number of benzene rings is 1. The van der Waals surface area contributed by atoms with E-state index in [2.05, 4.69) is 10.00 Å². The van der Waals surface area contributed by atoms with E-state index in [0.29, 0.717) is 12.1 Å². The van der Waals surface area contributed by atoms with Gasteiger partial charge >= 0.3 is 0 Å². The Morgan fingerprint density at radius 1 is 1.35 bits per heavy atom. The van der Waals surface area contributed by atoms with Gasteiger partial charge in [-0.25, -0.2) is 8.78 Å². The van der Waals surface area contributed by atoms with Crippen molar-refractivity contribution in [1.29, 1.82) is 0 Å². The Balaban J connectivity index is 1.81. The lowest BCUT2D eigenvalue weighted by Gasteiger charge is -2.23. The largest absolute Gasteiger partial charge is 0.292 e. The van der Waals surface area contributed by atoms with Crippen LogP contribution in [0.1, 0.15) is 30.0 Å². The number of hydrogen-bond donors (Lipinski definition) is 0. The molecule has 1 saturated heterocycles. The second-order valence-electron chi connectivity index (χ2n) is 5.29. The van der Waals surface area contributed by atoms with Crippen molar-refractivity contribution in [2.45, 2.75) is 25.4 Å². The molecule has 0 amide bonds. The van der Waals surface area contributed by atoms with Crippen molar-refractivity contribution >= 4 is 0 Å². The zero-order chi connectivity index (χ0) is 14.1. The molecule has 3 rings (SSSR count). The van der Waals surface area contributed by atoms with Gasteiger partial charge in [-0.1, -0.05) is 12.1 Å². The minimum Gasteiger partial charge on any atom is -0.292 e. The Bertz CT molecular complexity index is 609. The summed E-state index contributed by atoms with van der Waals surface area (Å²) in [5.74, 6) is -1.51. The van der Waals surface area contributed by atoms with Crippen LogP contribution in [0.25, 0.3) is 0 Å². The standard InChI is InChI=1S/C15H17F2N3/c1-19-9-12(8-18-19)14-6-3-7-20(14)10-11-4-2-5-13(16)15(11)17/h2,4-5,8-9,14H,3,6-7,10H2,1H3/t14-/m1/s1. The van der Waals surface area contributed by atoms with Crippen LogP contribution in [0.4, 0.5) is 8.78 Å². The summed E-state index contributed by atoms with van der Waals surface area (Å²) in [6.45, 7) is 1.33. The first-order chi connectivity index (χ1) is 9.65. The lowest BCUT2D eigenvalue weighted by molar-refractivity contribution is 0.244. The maximum absolute atomic E-state index is 13.8. The summed E-state index contributed by atoms with van der Waals surface area (Å²) in [5.41, 5.74) is 1.56. The third-order valence-corrected chi connectivity index (χ3v) is 3.88. The molecule has 1 atom stereocenters. The molecule has 1 aliphatic rings. The van der Waals surface area contributed by atoms with Crippen molar-refractivity contribution < 1.29 is 8.78 Å². The highest BCUT2D eigenvalue weighted by molar-refractivity contribution is 5.20. The van der Waals surface area contributed by atoms with Crippen LogP contribution in [-0.4, -0.2) is 21.2 Å². The van der Waals surface area contributed by atoms with Gasteiger partial charge in [-0.05, 0) is 25.5 Å². The predicted octanol–water partition coefficient (Wildman–Crippen LogP) is 3.04. The molecule has 0 aliphatic carbocycles. The van der Waals surface area contributed by atoms with Crippen LogP contribution in [0, 0.1) is 11.6 Å². The molecule has 0 N–H and O–H groups in total. The average Bonchev–Trinajstić information content (AvgIpc) is 3.03. The Morgan fingerprint density at radius 3 is 2.95 bits per heavy atom. The van der Waals surface area contributed by atoms with Gasteiger partial charge < -0.3 is 0 Å². The number of aromatic nitrogens is 2. The van der Waals surface area contributed by atoms with E-state index in [-0.39, 0.29) is 6.04 Å².